The summed E-state index contributed by atoms with van der Waals surface area (Å²) in [6.07, 6.45) is 0. The Hall–Kier alpha value is -2.83. The summed E-state index contributed by atoms with van der Waals surface area (Å²) in [5, 5.41) is 2.46. The lowest BCUT2D eigenvalue weighted by atomic mass is 10.2. The van der Waals surface area contributed by atoms with Gasteiger partial charge in [0.15, 0.2) is 23.3 Å². The van der Waals surface area contributed by atoms with Gasteiger partial charge in [-0.1, -0.05) is 12.1 Å². The Labute approximate surface area is 117 Å². The second-order valence-corrected chi connectivity index (χ2v) is 4.32. The molecule has 0 saturated carbocycles. The molecular weight excluding hydrogens is 281 g/mol. The smallest absolute Gasteiger partial charge is 0.182 e. The summed E-state index contributed by atoms with van der Waals surface area (Å²) in [5.74, 6) is -3.41. The number of nitrogens with two attached hydrogens (primary N) is 1. The van der Waals surface area contributed by atoms with Crippen LogP contribution in [0.1, 0.15) is 0 Å². The van der Waals surface area contributed by atoms with Crippen molar-refractivity contribution in [2.24, 2.45) is 0 Å². The molecule has 0 aliphatic heterocycles. The number of para-hydroxylation sites is 2. The average Bonchev–Trinajstić information content (AvgIpc) is 2.45. The summed E-state index contributed by atoms with van der Waals surface area (Å²) in [6.45, 7) is 0. The van der Waals surface area contributed by atoms with E-state index in [1.165, 1.54) is 0 Å². The molecule has 0 saturated heterocycles. The fraction of sp³-hybridized carbons (Fsp3) is 0. The molecule has 3 N–H and O–H groups in total. The summed E-state index contributed by atoms with van der Waals surface area (Å²) in [7, 11) is 0. The number of halogens is 3. The largest absolute Gasteiger partial charge is 0.381 e. The van der Waals surface area contributed by atoms with Crippen molar-refractivity contribution in [3.63, 3.8) is 0 Å². The molecule has 0 spiro atoms. The molecule has 2 aromatic carbocycles. The second-order valence-electron chi connectivity index (χ2n) is 4.32. The van der Waals surface area contributed by atoms with Crippen molar-refractivity contribution in [3.8, 4) is 0 Å². The van der Waals surface area contributed by atoms with Crippen LogP contribution in [-0.4, -0.2) is 9.97 Å². The van der Waals surface area contributed by atoms with Crippen molar-refractivity contribution in [1.82, 2.24) is 9.97 Å². The monoisotopic (exact) mass is 290 g/mol. The Morgan fingerprint density at radius 3 is 2.33 bits per heavy atom. The Morgan fingerprint density at radius 2 is 1.62 bits per heavy atom. The zero-order valence-electron chi connectivity index (χ0n) is 10.6. The van der Waals surface area contributed by atoms with Crippen molar-refractivity contribution in [2.75, 3.05) is 11.1 Å². The number of hydrogen-bond donors (Lipinski definition) is 2. The van der Waals surface area contributed by atoms with Crippen molar-refractivity contribution < 1.29 is 13.2 Å². The summed E-state index contributed by atoms with van der Waals surface area (Å²) in [6, 6.07) is 8.19. The molecule has 0 aliphatic carbocycles. The van der Waals surface area contributed by atoms with Gasteiger partial charge in [-0.25, -0.2) is 23.1 Å². The average molecular weight is 290 g/mol. The van der Waals surface area contributed by atoms with Gasteiger partial charge in [0.25, 0.3) is 0 Å². The highest BCUT2D eigenvalue weighted by Gasteiger charge is 2.14. The van der Waals surface area contributed by atoms with Crippen LogP contribution >= 0.6 is 0 Å². The van der Waals surface area contributed by atoms with E-state index < -0.39 is 23.1 Å². The molecular formula is C14H9F3N4. The Kier molecular flexibility index (Phi) is 3.09. The van der Waals surface area contributed by atoms with E-state index in [-0.39, 0.29) is 11.6 Å². The highest BCUT2D eigenvalue weighted by Crippen LogP contribution is 2.26. The van der Waals surface area contributed by atoms with Crippen LogP contribution < -0.4 is 11.1 Å². The number of hydrogen-bond acceptors (Lipinski definition) is 4. The minimum Gasteiger partial charge on any atom is -0.381 e. The van der Waals surface area contributed by atoms with E-state index in [0.717, 1.165) is 6.07 Å². The van der Waals surface area contributed by atoms with Gasteiger partial charge >= 0.3 is 0 Å². The van der Waals surface area contributed by atoms with Crippen LogP contribution in [0.3, 0.4) is 0 Å². The molecule has 4 nitrogen and oxygen atoms in total. The maximum Gasteiger partial charge on any atom is 0.182 e. The van der Waals surface area contributed by atoms with E-state index in [1.807, 2.05) is 0 Å². The molecule has 1 aromatic heterocycles. The minimum absolute atomic E-state index is 0.00207. The number of nitrogens with one attached hydrogen (secondary N) is 1. The fourth-order valence-electron chi connectivity index (χ4n) is 1.88. The molecule has 0 fully saturated rings. The van der Waals surface area contributed by atoms with Gasteiger partial charge in [0.05, 0.1) is 16.7 Å². The lowest BCUT2D eigenvalue weighted by Crippen LogP contribution is -2.04. The summed E-state index contributed by atoms with van der Waals surface area (Å²) >= 11 is 0. The zero-order chi connectivity index (χ0) is 15.0. The van der Waals surface area contributed by atoms with Crippen molar-refractivity contribution in [2.45, 2.75) is 0 Å². The number of anilines is 3. The number of rotatable bonds is 2. The highest BCUT2D eigenvalue weighted by atomic mass is 19.2. The normalized spacial score (nSPS) is 10.8. The SMILES string of the molecule is Nc1nc2ccccc2nc1Nc1cc(F)cc(F)c1F. The molecule has 0 aliphatic rings. The predicted octanol–water partition coefficient (Wildman–Crippen LogP) is 3.37. The van der Waals surface area contributed by atoms with Crippen LogP contribution in [0.5, 0.6) is 0 Å². The molecule has 1 heterocycles. The lowest BCUT2D eigenvalue weighted by Gasteiger charge is -2.10. The maximum atomic E-state index is 13.6. The Morgan fingerprint density at radius 1 is 0.952 bits per heavy atom. The fourth-order valence-corrected chi connectivity index (χ4v) is 1.88. The molecule has 0 radical (unpaired) electrons. The highest BCUT2D eigenvalue weighted by molar-refractivity contribution is 5.80. The lowest BCUT2D eigenvalue weighted by molar-refractivity contribution is 0.498. The molecule has 0 unspecified atom stereocenters. The Bertz CT molecular complexity index is 836. The van der Waals surface area contributed by atoms with Crippen LogP contribution in [0.25, 0.3) is 11.0 Å². The topological polar surface area (TPSA) is 63.8 Å². The number of nitrogen functional groups attached to an aromatic ring is 1. The van der Waals surface area contributed by atoms with Crippen molar-refractivity contribution in [3.05, 3.63) is 53.8 Å². The third kappa shape index (κ3) is 2.45. The van der Waals surface area contributed by atoms with Crippen LogP contribution in [0.4, 0.5) is 30.5 Å². The molecule has 21 heavy (non-hydrogen) atoms. The van der Waals surface area contributed by atoms with Crippen LogP contribution in [0.2, 0.25) is 0 Å². The number of fused-ring (bicyclic) bond motifs is 1. The Balaban J connectivity index is 2.08. The van der Waals surface area contributed by atoms with Crippen LogP contribution in [-0.2, 0) is 0 Å². The van der Waals surface area contributed by atoms with Gasteiger partial charge in [0.2, 0.25) is 0 Å². The molecule has 7 heteroatoms. The van der Waals surface area contributed by atoms with Crippen molar-refractivity contribution >= 4 is 28.4 Å². The molecule has 0 bridgehead atoms. The van der Waals surface area contributed by atoms with E-state index in [9.17, 15) is 13.2 Å². The van der Waals surface area contributed by atoms with Crippen LogP contribution in [0.15, 0.2) is 36.4 Å². The minimum atomic E-state index is -1.30. The van der Waals surface area contributed by atoms with Gasteiger partial charge in [0, 0.05) is 12.1 Å². The molecule has 0 amide bonds. The van der Waals surface area contributed by atoms with Crippen LogP contribution in [0, 0.1) is 17.5 Å². The van der Waals surface area contributed by atoms with Gasteiger partial charge in [-0.3, -0.25) is 0 Å². The first-order valence-corrected chi connectivity index (χ1v) is 5.98. The predicted molar refractivity (Wildman–Crippen MR) is 73.5 cm³/mol. The van der Waals surface area contributed by atoms with E-state index in [2.05, 4.69) is 15.3 Å². The number of nitrogens with zero attached hydrogens (tertiary/aromatic N) is 2. The number of aromatic nitrogens is 2. The van der Waals surface area contributed by atoms with Gasteiger partial charge in [-0.15, -0.1) is 0 Å². The summed E-state index contributed by atoms with van der Waals surface area (Å²) < 4.78 is 39.9. The van der Waals surface area contributed by atoms with Gasteiger partial charge < -0.3 is 11.1 Å². The third-order valence-corrected chi connectivity index (χ3v) is 2.84. The first-order chi connectivity index (χ1) is 10.0. The van der Waals surface area contributed by atoms with Gasteiger partial charge in [-0.2, -0.15) is 0 Å². The summed E-state index contributed by atoms with van der Waals surface area (Å²) in [5.41, 5.74) is 6.40. The first-order valence-electron chi connectivity index (χ1n) is 5.98. The molecule has 0 atom stereocenters. The summed E-state index contributed by atoms with van der Waals surface area (Å²) in [4.78, 5) is 8.25. The van der Waals surface area contributed by atoms with E-state index >= 15 is 0 Å². The van der Waals surface area contributed by atoms with Crippen molar-refractivity contribution in [1.29, 1.82) is 0 Å². The molecule has 3 aromatic rings. The number of benzene rings is 2. The van der Waals surface area contributed by atoms with E-state index in [0.29, 0.717) is 17.1 Å². The standard InChI is InChI=1S/C14H9F3N4/c15-7-5-8(16)12(17)11(6-7)21-14-13(18)19-9-3-1-2-4-10(9)20-14/h1-6H,(H2,18,19)(H,20,21). The second kappa shape index (κ2) is 4.93. The third-order valence-electron chi connectivity index (χ3n) is 2.84. The van der Waals surface area contributed by atoms with Gasteiger partial charge in [0.1, 0.15) is 5.82 Å². The quantitative estimate of drug-likeness (QED) is 0.710. The van der Waals surface area contributed by atoms with E-state index in [1.54, 1.807) is 24.3 Å². The molecule has 3 rings (SSSR count). The maximum absolute atomic E-state index is 13.6. The zero-order valence-corrected chi connectivity index (χ0v) is 10.6. The van der Waals surface area contributed by atoms with E-state index in [4.69, 9.17) is 5.73 Å². The molecule has 106 valence electrons. The van der Waals surface area contributed by atoms with Gasteiger partial charge in [-0.05, 0) is 12.1 Å². The first kappa shape index (κ1) is 13.2.